The van der Waals surface area contributed by atoms with Gasteiger partial charge in [0.1, 0.15) is 18.3 Å². The molecule has 3 rings (SSSR count). The molecular formula is C25H30O13. The monoisotopic (exact) mass is 538 g/mol. The predicted molar refractivity (Wildman–Crippen MR) is 125 cm³/mol. The van der Waals surface area contributed by atoms with Gasteiger partial charge in [0.2, 0.25) is 17.3 Å². The number of aliphatic carboxylic acids is 3. The highest BCUT2D eigenvalue weighted by Crippen LogP contribution is 2.54. The van der Waals surface area contributed by atoms with Crippen LogP contribution in [-0.2, 0) is 39.8 Å². The van der Waals surface area contributed by atoms with E-state index in [4.69, 9.17) is 14.2 Å². The fraction of sp³-hybridized carbons (Fsp3) is 0.520. The summed E-state index contributed by atoms with van der Waals surface area (Å²) in [4.78, 5) is 47.9. The van der Waals surface area contributed by atoms with Crippen molar-refractivity contribution in [2.45, 2.75) is 74.5 Å². The summed E-state index contributed by atoms with van der Waals surface area (Å²) in [5, 5.41) is 61.3. The number of aliphatic hydroxyl groups is 3. The number of benzene rings is 1. The van der Waals surface area contributed by atoms with Crippen LogP contribution in [0.5, 0.6) is 0 Å². The van der Waals surface area contributed by atoms with Gasteiger partial charge in [-0.05, 0) is 24.0 Å². The van der Waals surface area contributed by atoms with Crippen molar-refractivity contribution in [3.05, 3.63) is 48.0 Å². The first kappa shape index (κ1) is 29.2. The first-order valence-electron chi connectivity index (χ1n) is 11.7. The van der Waals surface area contributed by atoms with E-state index in [1.54, 1.807) is 6.92 Å². The Bertz CT molecular complexity index is 1120. The van der Waals surface area contributed by atoms with Gasteiger partial charge in [-0.15, -0.1) is 0 Å². The zero-order valence-electron chi connectivity index (χ0n) is 20.6. The second kappa shape index (κ2) is 10.4. The van der Waals surface area contributed by atoms with Crippen molar-refractivity contribution >= 4 is 23.9 Å². The van der Waals surface area contributed by atoms with Crippen LogP contribution >= 0.6 is 0 Å². The van der Waals surface area contributed by atoms with Crippen LogP contribution < -0.4 is 0 Å². The highest BCUT2D eigenvalue weighted by Gasteiger charge is 2.84. The Morgan fingerprint density at radius 3 is 2.16 bits per heavy atom. The number of carboxylic acid groups (broad SMARTS) is 3. The van der Waals surface area contributed by atoms with Crippen LogP contribution in [0.15, 0.2) is 42.5 Å². The van der Waals surface area contributed by atoms with Crippen LogP contribution in [0.1, 0.15) is 32.3 Å². The van der Waals surface area contributed by atoms with Crippen LogP contribution in [0.3, 0.4) is 0 Å². The third-order valence-corrected chi connectivity index (χ3v) is 7.04. The molecule has 0 aliphatic carbocycles. The van der Waals surface area contributed by atoms with Gasteiger partial charge in [-0.2, -0.15) is 0 Å². The van der Waals surface area contributed by atoms with Crippen LogP contribution in [0.4, 0.5) is 0 Å². The van der Waals surface area contributed by atoms with E-state index in [1.165, 1.54) is 6.92 Å². The molecule has 38 heavy (non-hydrogen) atoms. The van der Waals surface area contributed by atoms with Gasteiger partial charge in [0.05, 0.1) is 0 Å². The maximum atomic E-state index is 12.2. The summed E-state index contributed by atoms with van der Waals surface area (Å²) in [6.07, 6.45) is -8.75. The number of ether oxygens (including phenoxy) is 3. The fourth-order valence-corrected chi connectivity index (χ4v) is 5.17. The second-order valence-electron chi connectivity index (χ2n) is 9.61. The van der Waals surface area contributed by atoms with E-state index in [1.807, 2.05) is 30.3 Å². The zero-order chi connectivity index (χ0) is 28.6. The van der Waals surface area contributed by atoms with Crippen molar-refractivity contribution in [1.29, 1.82) is 0 Å². The first-order chi connectivity index (χ1) is 17.6. The van der Waals surface area contributed by atoms with Crippen molar-refractivity contribution in [3.8, 4) is 0 Å². The highest BCUT2D eigenvalue weighted by molar-refractivity contribution is 5.97. The van der Waals surface area contributed by atoms with E-state index in [0.717, 1.165) is 5.56 Å². The van der Waals surface area contributed by atoms with E-state index >= 15 is 0 Å². The third kappa shape index (κ3) is 4.56. The van der Waals surface area contributed by atoms with Crippen LogP contribution in [0, 0.1) is 5.92 Å². The molecule has 0 saturated carbocycles. The molecule has 0 spiro atoms. The molecule has 2 saturated heterocycles. The SMILES string of the molecule is C=C(CC[C@]12O[C@H](C(=O)O)[C@@](O)(C(=O)O)[C@](C(=O)O)(O1)[C@H](O)[C@H]2O)C(OC(C)=O)C(C)Cc1ccccc1. The van der Waals surface area contributed by atoms with E-state index in [-0.39, 0.29) is 17.9 Å². The van der Waals surface area contributed by atoms with Crippen molar-refractivity contribution in [1.82, 2.24) is 0 Å². The maximum absolute atomic E-state index is 12.2. The minimum absolute atomic E-state index is 0.200. The van der Waals surface area contributed by atoms with Gasteiger partial charge in [0, 0.05) is 19.3 Å². The number of carbonyl (C=O) groups is 4. The Kier molecular flexibility index (Phi) is 8.01. The number of carboxylic acids is 3. The Morgan fingerprint density at radius 2 is 1.66 bits per heavy atom. The summed E-state index contributed by atoms with van der Waals surface area (Å²) >= 11 is 0. The van der Waals surface area contributed by atoms with Gasteiger partial charge in [-0.25, -0.2) is 14.4 Å². The summed E-state index contributed by atoms with van der Waals surface area (Å²) in [6, 6.07) is 9.28. The number of fused-ring (bicyclic) bond motifs is 2. The van der Waals surface area contributed by atoms with E-state index < -0.39 is 71.7 Å². The van der Waals surface area contributed by atoms with Gasteiger partial charge < -0.3 is 44.8 Å². The molecule has 2 bridgehead atoms. The minimum atomic E-state index is -3.81. The molecule has 1 aromatic carbocycles. The lowest BCUT2D eigenvalue weighted by atomic mass is 9.74. The van der Waals surface area contributed by atoms with Gasteiger partial charge >= 0.3 is 23.9 Å². The quantitative estimate of drug-likeness (QED) is 0.158. The van der Waals surface area contributed by atoms with E-state index in [9.17, 15) is 49.8 Å². The second-order valence-corrected chi connectivity index (χ2v) is 9.61. The molecule has 2 aliphatic rings. The normalized spacial score (nSPS) is 33.7. The van der Waals surface area contributed by atoms with Crippen molar-refractivity contribution < 1.29 is 64.0 Å². The van der Waals surface area contributed by atoms with Crippen LogP contribution in [0.25, 0.3) is 0 Å². The maximum Gasteiger partial charge on any atom is 0.343 e. The van der Waals surface area contributed by atoms with Gasteiger partial charge in [-0.3, -0.25) is 4.79 Å². The molecule has 208 valence electrons. The lowest BCUT2D eigenvalue weighted by Crippen LogP contribution is -2.77. The molecule has 2 unspecified atom stereocenters. The third-order valence-electron chi connectivity index (χ3n) is 7.04. The standard InChI is InChI=1S/C25H30O13/c1-12(16(36-14(3)26)13(2)11-15-7-5-4-6-8-15)9-10-23-17(27)18(28)25(38-23,22(33)34)24(35,21(31)32)19(37-23)20(29)30/h4-8,13,16-19,27-28,35H,1,9-11H2,2-3H3,(H,29,30)(H,31,32)(H,33,34)/t13?,16?,17-,18-,19-,23+,24-,25+/m1/s1. The number of carbonyl (C=O) groups excluding carboxylic acids is 1. The Morgan fingerprint density at radius 1 is 1.05 bits per heavy atom. The molecule has 2 fully saturated rings. The number of aliphatic hydroxyl groups excluding tert-OH is 2. The molecule has 0 amide bonds. The number of hydrogen-bond donors (Lipinski definition) is 6. The molecule has 2 heterocycles. The Balaban J connectivity index is 1.93. The molecule has 1 aromatic rings. The largest absolute Gasteiger partial charge is 0.479 e. The summed E-state index contributed by atoms with van der Waals surface area (Å²) in [7, 11) is 0. The fourth-order valence-electron chi connectivity index (χ4n) is 5.17. The first-order valence-corrected chi connectivity index (χ1v) is 11.7. The van der Waals surface area contributed by atoms with Crippen molar-refractivity contribution in [3.63, 3.8) is 0 Å². The lowest BCUT2D eigenvalue weighted by Gasteiger charge is -2.48. The van der Waals surface area contributed by atoms with Gasteiger partial charge in [0.15, 0.2) is 5.79 Å². The molecule has 2 aliphatic heterocycles. The molecule has 6 N–H and O–H groups in total. The van der Waals surface area contributed by atoms with Gasteiger partial charge in [-0.1, -0.05) is 43.8 Å². The highest BCUT2D eigenvalue weighted by atomic mass is 16.8. The summed E-state index contributed by atoms with van der Waals surface area (Å²) in [6.45, 7) is 6.93. The Hall–Kier alpha value is -3.36. The molecule has 13 heteroatoms. The average Bonchev–Trinajstić information content (AvgIpc) is 3.04. The summed E-state index contributed by atoms with van der Waals surface area (Å²) in [5.74, 6) is -10.1. The molecule has 13 nitrogen and oxygen atoms in total. The Labute approximate surface area is 216 Å². The zero-order valence-corrected chi connectivity index (χ0v) is 20.6. The van der Waals surface area contributed by atoms with E-state index in [2.05, 4.69) is 6.58 Å². The van der Waals surface area contributed by atoms with Crippen molar-refractivity contribution in [2.24, 2.45) is 5.92 Å². The van der Waals surface area contributed by atoms with E-state index in [0.29, 0.717) is 6.42 Å². The molecular weight excluding hydrogens is 508 g/mol. The predicted octanol–water partition coefficient (Wildman–Crippen LogP) is -0.296. The minimum Gasteiger partial charge on any atom is -0.479 e. The molecule has 8 atom stereocenters. The van der Waals surface area contributed by atoms with Crippen molar-refractivity contribution in [2.75, 3.05) is 0 Å². The molecule has 0 radical (unpaired) electrons. The van der Waals surface area contributed by atoms with Gasteiger partial charge in [0.25, 0.3) is 0 Å². The molecule has 0 aromatic heterocycles. The number of hydrogen-bond acceptors (Lipinski definition) is 10. The van der Waals surface area contributed by atoms with Crippen LogP contribution in [-0.4, -0.2) is 95.9 Å². The number of esters is 1. The smallest absolute Gasteiger partial charge is 0.343 e. The summed E-state index contributed by atoms with van der Waals surface area (Å²) in [5.41, 5.74) is -6.09. The topological polar surface area (TPSA) is 217 Å². The average molecular weight is 539 g/mol. The summed E-state index contributed by atoms with van der Waals surface area (Å²) < 4.78 is 16.0. The number of rotatable bonds is 11. The van der Waals surface area contributed by atoms with Crippen LogP contribution in [0.2, 0.25) is 0 Å². The lowest BCUT2D eigenvalue weighted by molar-refractivity contribution is -0.374.